The standard InChI is InChI=1S/C13H19N3O/c1-9-7-11(3-4-12(9)13(14)17)16-6-5-15-10(2)8-16/h3-4,7,10,15H,5-6,8H2,1-2H3,(H2,14,17)/t10-/m1/s1. The van der Waals surface area contributed by atoms with Crippen LogP contribution >= 0.6 is 0 Å². The molecule has 1 aromatic rings. The fourth-order valence-corrected chi connectivity index (χ4v) is 2.29. The molecule has 0 saturated carbocycles. The normalized spacial score (nSPS) is 20.4. The summed E-state index contributed by atoms with van der Waals surface area (Å²) in [6.45, 7) is 7.10. The van der Waals surface area contributed by atoms with Gasteiger partial charge < -0.3 is 16.0 Å². The van der Waals surface area contributed by atoms with Gasteiger partial charge in [0.1, 0.15) is 0 Å². The molecule has 4 heteroatoms. The van der Waals surface area contributed by atoms with Gasteiger partial charge in [-0.15, -0.1) is 0 Å². The summed E-state index contributed by atoms with van der Waals surface area (Å²) in [6, 6.07) is 6.34. The first-order chi connectivity index (χ1) is 8.08. The van der Waals surface area contributed by atoms with Gasteiger partial charge in [0.25, 0.3) is 0 Å². The second kappa shape index (κ2) is 4.75. The molecule has 1 aliphatic rings. The summed E-state index contributed by atoms with van der Waals surface area (Å²) in [4.78, 5) is 13.5. The topological polar surface area (TPSA) is 58.4 Å². The first-order valence-electron chi connectivity index (χ1n) is 5.96. The Labute approximate surface area is 102 Å². The van der Waals surface area contributed by atoms with E-state index in [1.807, 2.05) is 25.1 Å². The predicted octanol–water partition coefficient (Wildman–Crippen LogP) is 0.892. The Balaban J connectivity index is 2.22. The lowest BCUT2D eigenvalue weighted by molar-refractivity contribution is 0.0999. The van der Waals surface area contributed by atoms with E-state index in [2.05, 4.69) is 17.1 Å². The summed E-state index contributed by atoms with van der Waals surface area (Å²) < 4.78 is 0. The van der Waals surface area contributed by atoms with Crippen LogP contribution in [0.5, 0.6) is 0 Å². The highest BCUT2D eigenvalue weighted by molar-refractivity contribution is 5.94. The van der Waals surface area contributed by atoms with Crippen molar-refractivity contribution in [1.82, 2.24) is 5.32 Å². The number of hydrogen-bond acceptors (Lipinski definition) is 3. The second-order valence-electron chi connectivity index (χ2n) is 4.66. The van der Waals surface area contributed by atoms with E-state index in [1.165, 1.54) is 5.69 Å². The van der Waals surface area contributed by atoms with Gasteiger partial charge in [0, 0.05) is 36.9 Å². The molecule has 92 valence electrons. The number of primary amides is 1. The van der Waals surface area contributed by atoms with E-state index < -0.39 is 0 Å². The molecule has 4 nitrogen and oxygen atoms in total. The Morgan fingerprint density at radius 2 is 2.29 bits per heavy atom. The second-order valence-corrected chi connectivity index (χ2v) is 4.66. The Morgan fingerprint density at radius 3 is 2.88 bits per heavy atom. The zero-order chi connectivity index (χ0) is 12.4. The largest absolute Gasteiger partial charge is 0.369 e. The van der Waals surface area contributed by atoms with E-state index in [9.17, 15) is 4.79 Å². The van der Waals surface area contributed by atoms with Gasteiger partial charge in [-0.25, -0.2) is 0 Å². The minimum Gasteiger partial charge on any atom is -0.369 e. The number of carbonyl (C=O) groups is 1. The van der Waals surface area contributed by atoms with E-state index in [0.29, 0.717) is 11.6 Å². The van der Waals surface area contributed by atoms with Gasteiger partial charge in [-0.1, -0.05) is 0 Å². The van der Waals surface area contributed by atoms with Gasteiger partial charge in [0.2, 0.25) is 5.91 Å². The zero-order valence-electron chi connectivity index (χ0n) is 10.4. The van der Waals surface area contributed by atoms with Crippen LogP contribution in [0.4, 0.5) is 5.69 Å². The van der Waals surface area contributed by atoms with Crippen molar-refractivity contribution < 1.29 is 4.79 Å². The van der Waals surface area contributed by atoms with Crippen molar-refractivity contribution in [3.63, 3.8) is 0 Å². The van der Waals surface area contributed by atoms with Crippen molar-refractivity contribution in [2.24, 2.45) is 5.73 Å². The maximum Gasteiger partial charge on any atom is 0.248 e. The summed E-state index contributed by atoms with van der Waals surface area (Å²) in [7, 11) is 0. The summed E-state index contributed by atoms with van der Waals surface area (Å²) >= 11 is 0. The number of anilines is 1. The molecular weight excluding hydrogens is 214 g/mol. The van der Waals surface area contributed by atoms with E-state index in [4.69, 9.17) is 5.73 Å². The van der Waals surface area contributed by atoms with Gasteiger partial charge >= 0.3 is 0 Å². The van der Waals surface area contributed by atoms with Crippen LogP contribution in [-0.2, 0) is 0 Å². The minimum atomic E-state index is -0.359. The fraction of sp³-hybridized carbons (Fsp3) is 0.462. The first-order valence-corrected chi connectivity index (χ1v) is 5.96. The van der Waals surface area contributed by atoms with Crippen molar-refractivity contribution in [2.45, 2.75) is 19.9 Å². The van der Waals surface area contributed by atoms with Crippen molar-refractivity contribution in [2.75, 3.05) is 24.5 Å². The Bertz CT molecular complexity index is 431. The van der Waals surface area contributed by atoms with Crippen molar-refractivity contribution in [1.29, 1.82) is 0 Å². The number of piperazine rings is 1. The molecule has 1 fully saturated rings. The summed E-state index contributed by atoms with van der Waals surface area (Å²) in [5.41, 5.74) is 8.02. The highest BCUT2D eigenvalue weighted by Gasteiger charge is 2.16. The van der Waals surface area contributed by atoms with E-state index >= 15 is 0 Å². The van der Waals surface area contributed by atoms with Gasteiger partial charge in [-0.2, -0.15) is 0 Å². The van der Waals surface area contributed by atoms with Crippen LogP contribution in [0.15, 0.2) is 18.2 Å². The Hall–Kier alpha value is -1.55. The van der Waals surface area contributed by atoms with Gasteiger partial charge in [-0.05, 0) is 37.6 Å². The van der Waals surface area contributed by atoms with Crippen LogP contribution in [0, 0.1) is 6.92 Å². The van der Waals surface area contributed by atoms with E-state index in [-0.39, 0.29) is 5.91 Å². The van der Waals surface area contributed by atoms with E-state index in [1.54, 1.807) is 0 Å². The fourth-order valence-electron chi connectivity index (χ4n) is 2.29. The number of aryl methyl sites for hydroxylation is 1. The highest BCUT2D eigenvalue weighted by Crippen LogP contribution is 2.20. The average molecular weight is 233 g/mol. The lowest BCUT2D eigenvalue weighted by Gasteiger charge is -2.34. The summed E-state index contributed by atoms with van der Waals surface area (Å²) in [6.07, 6.45) is 0. The molecule has 0 unspecified atom stereocenters. The maximum atomic E-state index is 11.2. The highest BCUT2D eigenvalue weighted by atomic mass is 16.1. The third-order valence-electron chi connectivity index (χ3n) is 3.21. The van der Waals surface area contributed by atoms with Crippen LogP contribution < -0.4 is 16.0 Å². The minimum absolute atomic E-state index is 0.359. The quantitative estimate of drug-likeness (QED) is 0.797. The molecule has 1 amide bonds. The number of carbonyl (C=O) groups excluding carboxylic acids is 1. The van der Waals surface area contributed by atoms with Crippen LogP contribution in [0.1, 0.15) is 22.8 Å². The molecule has 0 aromatic heterocycles. The molecule has 2 rings (SSSR count). The monoisotopic (exact) mass is 233 g/mol. The summed E-state index contributed by atoms with van der Waals surface area (Å²) in [5, 5.41) is 3.41. The number of hydrogen-bond donors (Lipinski definition) is 2. The molecule has 0 aliphatic carbocycles. The van der Waals surface area contributed by atoms with Gasteiger partial charge in [0.15, 0.2) is 0 Å². The molecule has 1 atom stereocenters. The average Bonchev–Trinajstić information content (AvgIpc) is 2.28. The van der Waals surface area contributed by atoms with Crippen LogP contribution in [0.3, 0.4) is 0 Å². The predicted molar refractivity (Wildman–Crippen MR) is 69.4 cm³/mol. The third-order valence-corrected chi connectivity index (χ3v) is 3.21. The molecular formula is C13H19N3O. The molecule has 1 aliphatic heterocycles. The maximum absolute atomic E-state index is 11.2. The lowest BCUT2D eigenvalue weighted by atomic mass is 10.1. The third kappa shape index (κ3) is 2.58. The number of nitrogens with one attached hydrogen (secondary N) is 1. The zero-order valence-corrected chi connectivity index (χ0v) is 10.4. The lowest BCUT2D eigenvalue weighted by Crippen LogP contribution is -2.49. The molecule has 0 spiro atoms. The van der Waals surface area contributed by atoms with Crippen molar-refractivity contribution in [3.8, 4) is 0 Å². The summed E-state index contributed by atoms with van der Waals surface area (Å²) in [5.74, 6) is -0.359. The van der Waals surface area contributed by atoms with Crippen LogP contribution in [0.25, 0.3) is 0 Å². The number of nitrogens with two attached hydrogens (primary N) is 1. The Morgan fingerprint density at radius 1 is 1.53 bits per heavy atom. The van der Waals surface area contributed by atoms with Gasteiger partial charge in [-0.3, -0.25) is 4.79 Å². The number of rotatable bonds is 2. The van der Waals surface area contributed by atoms with Crippen molar-refractivity contribution >= 4 is 11.6 Å². The van der Waals surface area contributed by atoms with E-state index in [0.717, 1.165) is 25.2 Å². The molecule has 1 saturated heterocycles. The molecule has 3 N–H and O–H groups in total. The van der Waals surface area contributed by atoms with Crippen LogP contribution in [-0.4, -0.2) is 31.6 Å². The van der Waals surface area contributed by atoms with Gasteiger partial charge in [0.05, 0.1) is 0 Å². The number of amides is 1. The number of nitrogens with zero attached hydrogens (tertiary/aromatic N) is 1. The Kier molecular flexibility index (Phi) is 3.33. The molecule has 1 aromatic carbocycles. The SMILES string of the molecule is Cc1cc(N2CCN[C@H](C)C2)ccc1C(N)=O. The smallest absolute Gasteiger partial charge is 0.248 e. The first kappa shape index (κ1) is 11.9. The number of benzene rings is 1. The molecule has 0 radical (unpaired) electrons. The van der Waals surface area contributed by atoms with Crippen LogP contribution in [0.2, 0.25) is 0 Å². The molecule has 0 bridgehead atoms. The molecule has 17 heavy (non-hydrogen) atoms. The van der Waals surface area contributed by atoms with Crippen molar-refractivity contribution in [3.05, 3.63) is 29.3 Å². The molecule has 1 heterocycles.